The number of nitrogens with zero attached hydrogens (tertiary/aromatic N) is 1. The van der Waals surface area contributed by atoms with Crippen LogP contribution in [0.3, 0.4) is 0 Å². The lowest BCUT2D eigenvalue weighted by molar-refractivity contribution is 0.0680. The molecule has 4 heteroatoms. The molecule has 2 aromatic rings. The lowest BCUT2D eigenvalue weighted by atomic mass is 10.2. The number of hydrogen-bond donors (Lipinski definition) is 1. The predicted octanol–water partition coefficient (Wildman–Crippen LogP) is 2.12. The van der Waals surface area contributed by atoms with Crippen LogP contribution in [-0.2, 0) is 4.74 Å². The molecule has 0 aliphatic carbocycles. The molecule has 3 rings (SSSR count). The smallest absolute Gasteiger partial charge is 0.121 e. The van der Waals surface area contributed by atoms with Crippen molar-refractivity contribution in [2.75, 3.05) is 13.2 Å². The second-order valence-electron chi connectivity index (χ2n) is 4.03. The molecule has 1 aromatic heterocycles. The van der Waals surface area contributed by atoms with Crippen LogP contribution < -0.4 is 4.74 Å². The summed E-state index contributed by atoms with van der Waals surface area (Å²) in [6.45, 7) is 1.51. The highest BCUT2D eigenvalue weighted by atomic mass is 16.5. The van der Waals surface area contributed by atoms with E-state index in [1.807, 2.05) is 18.2 Å². The van der Waals surface area contributed by atoms with Crippen molar-refractivity contribution in [3.8, 4) is 5.75 Å². The van der Waals surface area contributed by atoms with Crippen molar-refractivity contribution in [3.05, 3.63) is 24.5 Å². The van der Waals surface area contributed by atoms with E-state index in [4.69, 9.17) is 9.47 Å². The SMILES string of the molecule is c1nc2ccc(OCC3CCCO3)cc2[nH]1. The Kier molecular flexibility index (Phi) is 2.50. The first kappa shape index (κ1) is 9.66. The number of aromatic amines is 1. The van der Waals surface area contributed by atoms with E-state index in [1.165, 1.54) is 0 Å². The standard InChI is InChI=1S/C12H14N2O2/c1-2-10(15-5-1)7-16-9-3-4-11-12(6-9)14-8-13-11/h3-4,6,8,10H,1-2,5,7H2,(H,13,14). The first-order valence-electron chi connectivity index (χ1n) is 5.59. The van der Waals surface area contributed by atoms with Gasteiger partial charge < -0.3 is 14.5 Å². The number of H-pyrrole nitrogens is 1. The fourth-order valence-electron chi connectivity index (χ4n) is 1.97. The van der Waals surface area contributed by atoms with Crippen LogP contribution in [0.4, 0.5) is 0 Å². The number of imidazole rings is 1. The van der Waals surface area contributed by atoms with Gasteiger partial charge in [0.15, 0.2) is 0 Å². The molecule has 1 aromatic carbocycles. The maximum atomic E-state index is 5.69. The highest BCUT2D eigenvalue weighted by molar-refractivity contribution is 5.75. The summed E-state index contributed by atoms with van der Waals surface area (Å²) in [5.74, 6) is 0.868. The molecule has 0 saturated carbocycles. The van der Waals surface area contributed by atoms with Gasteiger partial charge in [0.25, 0.3) is 0 Å². The van der Waals surface area contributed by atoms with E-state index in [1.54, 1.807) is 6.33 Å². The number of fused-ring (bicyclic) bond motifs is 1. The Labute approximate surface area is 93.6 Å². The van der Waals surface area contributed by atoms with Crippen molar-refractivity contribution in [1.82, 2.24) is 9.97 Å². The van der Waals surface area contributed by atoms with Crippen LogP contribution in [0.1, 0.15) is 12.8 Å². The molecule has 1 N–H and O–H groups in total. The molecule has 2 heterocycles. The minimum absolute atomic E-state index is 0.262. The van der Waals surface area contributed by atoms with E-state index >= 15 is 0 Å². The Balaban J connectivity index is 1.68. The Morgan fingerprint density at radius 2 is 2.50 bits per heavy atom. The summed E-state index contributed by atoms with van der Waals surface area (Å²) in [7, 11) is 0. The number of rotatable bonds is 3. The van der Waals surface area contributed by atoms with Gasteiger partial charge in [-0.25, -0.2) is 4.98 Å². The minimum Gasteiger partial charge on any atom is -0.491 e. The van der Waals surface area contributed by atoms with E-state index in [2.05, 4.69) is 9.97 Å². The minimum atomic E-state index is 0.262. The van der Waals surface area contributed by atoms with Gasteiger partial charge >= 0.3 is 0 Å². The van der Waals surface area contributed by atoms with Crippen molar-refractivity contribution < 1.29 is 9.47 Å². The van der Waals surface area contributed by atoms with Crippen LogP contribution in [0.15, 0.2) is 24.5 Å². The average Bonchev–Trinajstić information content (AvgIpc) is 2.97. The van der Waals surface area contributed by atoms with Crippen LogP contribution in [0.5, 0.6) is 5.75 Å². The summed E-state index contributed by atoms with van der Waals surface area (Å²) in [4.78, 5) is 7.23. The van der Waals surface area contributed by atoms with Crippen LogP contribution in [0.25, 0.3) is 11.0 Å². The van der Waals surface area contributed by atoms with Gasteiger partial charge in [-0.15, -0.1) is 0 Å². The highest BCUT2D eigenvalue weighted by Crippen LogP contribution is 2.19. The average molecular weight is 218 g/mol. The molecule has 1 atom stereocenters. The third-order valence-corrected chi connectivity index (χ3v) is 2.85. The number of nitrogens with one attached hydrogen (secondary N) is 1. The van der Waals surface area contributed by atoms with Crippen molar-refractivity contribution in [3.63, 3.8) is 0 Å². The van der Waals surface area contributed by atoms with Crippen molar-refractivity contribution >= 4 is 11.0 Å². The summed E-state index contributed by atoms with van der Waals surface area (Å²) < 4.78 is 11.2. The van der Waals surface area contributed by atoms with Gasteiger partial charge in [-0.1, -0.05) is 0 Å². The fourth-order valence-corrected chi connectivity index (χ4v) is 1.97. The molecule has 1 saturated heterocycles. The van der Waals surface area contributed by atoms with Gasteiger partial charge in [0, 0.05) is 12.7 Å². The third kappa shape index (κ3) is 1.88. The van der Waals surface area contributed by atoms with Gasteiger partial charge in [0.1, 0.15) is 12.4 Å². The summed E-state index contributed by atoms with van der Waals surface area (Å²) in [5, 5.41) is 0. The van der Waals surface area contributed by atoms with Crippen molar-refractivity contribution in [2.24, 2.45) is 0 Å². The zero-order valence-corrected chi connectivity index (χ0v) is 8.98. The summed E-state index contributed by atoms with van der Waals surface area (Å²) >= 11 is 0. The molecule has 16 heavy (non-hydrogen) atoms. The largest absolute Gasteiger partial charge is 0.491 e. The van der Waals surface area contributed by atoms with Crippen molar-refractivity contribution in [1.29, 1.82) is 0 Å². The second-order valence-corrected chi connectivity index (χ2v) is 4.03. The van der Waals surface area contributed by atoms with Gasteiger partial charge in [0.05, 0.1) is 23.5 Å². The Morgan fingerprint density at radius 3 is 3.38 bits per heavy atom. The first-order valence-corrected chi connectivity index (χ1v) is 5.59. The van der Waals surface area contributed by atoms with Gasteiger partial charge in [-0.2, -0.15) is 0 Å². The molecule has 0 bridgehead atoms. The van der Waals surface area contributed by atoms with E-state index in [9.17, 15) is 0 Å². The maximum Gasteiger partial charge on any atom is 0.121 e. The molecule has 1 aliphatic heterocycles. The quantitative estimate of drug-likeness (QED) is 0.858. The molecule has 1 unspecified atom stereocenters. The Bertz CT molecular complexity index is 475. The number of ether oxygens (including phenoxy) is 2. The molecule has 0 spiro atoms. The number of hydrogen-bond acceptors (Lipinski definition) is 3. The normalized spacial score (nSPS) is 20.4. The number of benzene rings is 1. The lowest BCUT2D eigenvalue weighted by Gasteiger charge is -2.11. The maximum absolute atomic E-state index is 5.69. The lowest BCUT2D eigenvalue weighted by Crippen LogP contribution is -2.16. The first-order chi connectivity index (χ1) is 7.92. The topological polar surface area (TPSA) is 47.1 Å². The number of aromatic nitrogens is 2. The summed E-state index contributed by atoms with van der Waals surface area (Å²) in [5.41, 5.74) is 1.97. The van der Waals surface area contributed by atoms with Gasteiger partial charge in [-0.3, -0.25) is 0 Å². The van der Waals surface area contributed by atoms with Gasteiger partial charge in [-0.05, 0) is 25.0 Å². The Hall–Kier alpha value is -1.55. The fraction of sp³-hybridized carbons (Fsp3) is 0.417. The van der Waals surface area contributed by atoms with Gasteiger partial charge in [0.2, 0.25) is 0 Å². The van der Waals surface area contributed by atoms with E-state index in [0.717, 1.165) is 36.2 Å². The zero-order valence-electron chi connectivity index (χ0n) is 8.98. The van der Waals surface area contributed by atoms with Crippen LogP contribution >= 0.6 is 0 Å². The highest BCUT2D eigenvalue weighted by Gasteiger charge is 2.15. The third-order valence-electron chi connectivity index (χ3n) is 2.85. The zero-order chi connectivity index (χ0) is 10.8. The molecule has 0 amide bonds. The van der Waals surface area contributed by atoms with Crippen molar-refractivity contribution in [2.45, 2.75) is 18.9 Å². The molecule has 84 valence electrons. The van der Waals surface area contributed by atoms with E-state index in [0.29, 0.717) is 6.61 Å². The predicted molar refractivity (Wildman–Crippen MR) is 60.6 cm³/mol. The van der Waals surface area contributed by atoms with Crippen LogP contribution in [-0.4, -0.2) is 29.3 Å². The van der Waals surface area contributed by atoms with E-state index < -0.39 is 0 Å². The summed E-state index contributed by atoms with van der Waals surface area (Å²) in [6.07, 6.45) is 4.20. The molecule has 4 nitrogen and oxygen atoms in total. The molecule has 0 radical (unpaired) electrons. The van der Waals surface area contributed by atoms with Crippen LogP contribution in [0, 0.1) is 0 Å². The monoisotopic (exact) mass is 218 g/mol. The van der Waals surface area contributed by atoms with Crippen LogP contribution in [0.2, 0.25) is 0 Å². The Morgan fingerprint density at radius 1 is 1.50 bits per heavy atom. The van der Waals surface area contributed by atoms with E-state index in [-0.39, 0.29) is 6.10 Å². The molecule has 1 aliphatic rings. The summed E-state index contributed by atoms with van der Waals surface area (Å²) in [6, 6.07) is 5.87. The molecular formula is C12H14N2O2. The molecule has 1 fully saturated rings. The second kappa shape index (κ2) is 4.14. The molecular weight excluding hydrogens is 204 g/mol.